The third-order valence-corrected chi connectivity index (χ3v) is 13.2. The number of nitrogens with zero attached hydrogens (tertiary/aromatic N) is 1. The molecule has 2 N–H and O–H groups in total. The highest BCUT2D eigenvalue weighted by Crippen LogP contribution is 2.60. The van der Waals surface area contributed by atoms with Crippen LogP contribution in [-0.2, 0) is 21.4 Å². The maximum Gasteiger partial charge on any atom is 0.311 e. The first-order valence-corrected chi connectivity index (χ1v) is 18.7. The Morgan fingerprint density at radius 3 is 2.64 bits per heavy atom. The molecule has 0 aromatic carbocycles. The quantitative estimate of drug-likeness (QED) is 0.237. The first-order valence-electron chi connectivity index (χ1n) is 17.9. The van der Waals surface area contributed by atoms with E-state index < -0.39 is 17.6 Å². The van der Waals surface area contributed by atoms with Crippen LogP contribution in [0.4, 0.5) is 0 Å². The van der Waals surface area contributed by atoms with Gasteiger partial charge in [0.15, 0.2) is 0 Å². The van der Waals surface area contributed by atoms with Gasteiger partial charge in [0.1, 0.15) is 11.1 Å². The van der Waals surface area contributed by atoms with Crippen molar-refractivity contribution in [1.29, 1.82) is 0 Å². The van der Waals surface area contributed by atoms with Crippen molar-refractivity contribution in [3.05, 3.63) is 51.5 Å². The van der Waals surface area contributed by atoms with Gasteiger partial charge < -0.3 is 14.9 Å². The van der Waals surface area contributed by atoms with Gasteiger partial charge in [-0.15, -0.1) is 11.3 Å². The fraction of sp³-hybridized carbons (Fsp3) is 0.744. The van der Waals surface area contributed by atoms with E-state index in [9.17, 15) is 15.0 Å². The Morgan fingerprint density at radius 2 is 1.96 bits per heavy atom. The van der Waals surface area contributed by atoms with Crippen LogP contribution >= 0.6 is 11.3 Å². The molecule has 0 bridgehead atoms. The molecule has 45 heavy (non-hydrogen) atoms. The van der Waals surface area contributed by atoms with Crippen LogP contribution in [0.2, 0.25) is 0 Å². The van der Waals surface area contributed by atoms with E-state index in [0.717, 1.165) is 49.7 Å². The molecule has 1 heterocycles. The lowest BCUT2D eigenvalue weighted by molar-refractivity contribution is -0.161. The number of fused-ring (bicyclic) bond motifs is 1. The minimum Gasteiger partial charge on any atom is -0.461 e. The number of aliphatic hydroxyl groups is 2. The molecular weight excluding hydrogens is 578 g/mol. The number of carbonyl (C=O) groups excluding carboxylic acids is 1. The Hall–Kier alpha value is -1.76. The van der Waals surface area contributed by atoms with Crippen LogP contribution in [0.5, 0.6) is 0 Å². The highest BCUT2D eigenvalue weighted by Gasteiger charge is 2.56. The van der Waals surface area contributed by atoms with Gasteiger partial charge in [-0.25, -0.2) is 4.98 Å². The van der Waals surface area contributed by atoms with Crippen LogP contribution in [0.15, 0.2) is 41.6 Å². The average Bonchev–Trinajstić information content (AvgIpc) is 3.50. The maximum absolute atomic E-state index is 13.3. The summed E-state index contributed by atoms with van der Waals surface area (Å²) in [4.78, 5) is 19.5. The molecule has 0 saturated heterocycles. The van der Waals surface area contributed by atoms with Crippen LogP contribution in [0.25, 0.3) is 0 Å². The SMILES string of the molecule is C=C1C(=CC=C2CCC[C@]3(C)[C@@H]([C@H](C)CC[C@@H](OC(=O)C(C)(C)C)C4(c5ncc(CCCC)s5)CC4)CC[C@@H]23)C[C@@H](O)C[C@@H]1O. The van der Waals surface area contributed by atoms with E-state index in [1.54, 1.807) is 0 Å². The monoisotopic (exact) mass is 637 g/mol. The van der Waals surface area contributed by atoms with E-state index in [4.69, 9.17) is 9.72 Å². The molecule has 4 aliphatic rings. The fourth-order valence-corrected chi connectivity index (χ4v) is 10.1. The molecule has 0 spiro atoms. The van der Waals surface area contributed by atoms with Crippen LogP contribution in [0.1, 0.15) is 135 Å². The first-order chi connectivity index (χ1) is 21.3. The molecular formula is C39H59NO4S. The average molecular weight is 638 g/mol. The smallest absolute Gasteiger partial charge is 0.311 e. The second-order valence-corrected chi connectivity index (χ2v) is 17.4. The molecule has 250 valence electrons. The Morgan fingerprint density at radius 1 is 1.20 bits per heavy atom. The number of esters is 1. The number of unbranched alkanes of at least 4 members (excludes halogenated alkanes) is 1. The molecule has 0 radical (unpaired) electrons. The van der Waals surface area contributed by atoms with Gasteiger partial charge >= 0.3 is 5.97 Å². The zero-order valence-corrected chi connectivity index (χ0v) is 29.7. The molecule has 4 saturated carbocycles. The van der Waals surface area contributed by atoms with Gasteiger partial charge in [-0.3, -0.25) is 4.79 Å². The van der Waals surface area contributed by atoms with Gasteiger partial charge in [-0.2, -0.15) is 0 Å². The van der Waals surface area contributed by atoms with Gasteiger partial charge in [0, 0.05) is 17.5 Å². The minimum atomic E-state index is -0.647. The molecule has 0 unspecified atom stereocenters. The summed E-state index contributed by atoms with van der Waals surface area (Å²) in [5.41, 5.74) is 2.91. The van der Waals surface area contributed by atoms with E-state index >= 15 is 0 Å². The second-order valence-electron chi connectivity index (χ2n) is 16.3. The van der Waals surface area contributed by atoms with E-state index in [2.05, 4.69) is 45.7 Å². The van der Waals surface area contributed by atoms with Crippen LogP contribution in [0.3, 0.4) is 0 Å². The second kappa shape index (κ2) is 13.8. The van der Waals surface area contributed by atoms with Crippen molar-refractivity contribution in [2.45, 2.75) is 155 Å². The third-order valence-electron chi connectivity index (χ3n) is 11.9. The summed E-state index contributed by atoms with van der Waals surface area (Å²) in [7, 11) is 0. The highest BCUT2D eigenvalue weighted by atomic mass is 32.1. The predicted molar refractivity (Wildman–Crippen MR) is 184 cm³/mol. The number of ether oxygens (including phenoxy) is 1. The summed E-state index contributed by atoms with van der Waals surface area (Å²) in [6.07, 6.45) is 19.8. The molecule has 4 fully saturated rings. The van der Waals surface area contributed by atoms with Crippen molar-refractivity contribution in [3.63, 3.8) is 0 Å². The number of carbonyl (C=O) groups is 1. The lowest BCUT2D eigenvalue weighted by Gasteiger charge is -2.44. The van der Waals surface area contributed by atoms with Crippen molar-refractivity contribution < 1.29 is 19.7 Å². The minimum absolute atomic E-state index is 0.0982. The molecule has 6 heteroatoms. The van der Waals surface area contributed by atoms with E-state index in [1.165, 1.54) is 54.0 Å². The van der Waals surface area contributed by atoms with Gasteiger partial charge in [-0.1, -0.05) is 51.5 Å². The molecule has 1 aromatic heterocycles. The zero-order valence-electron chi connectivity index (χ0n) is 28.9. The van der Waals surface area contributed by atoms with Crippen LogP contribution < -0.4 is 0 Å². The number of allylic oxidation sites excluding steroid dienone is 3. The molecule has 0 amide bonds. The Labute approximate surface area is 276 Å². The van der Waals surface area contributed by atoms with Gasteiger partial charge in [0.2, 0.25) is 0 Å². The van der Waals surface area contributed by atoms with E-state index in [0.29, 0.717) is 30.6 Å². The van der Waals surface area contributed by atoms with Crippen molar-refractivity contribution in [1.82, 2.24) is 4.98 Å². The van der Waals surface area contributed by atoms with Gasteiger partial charge in [0.05, 0.1) is 23.0 Å². The van der Waals surface area contributed by atoms with Gasteiger partial charge in [0.25, 0.3) is 0 Å². The number of aliphatic hydroxyl groups excluding tert-OH is 2. The number of aryl methyl sites for hydroxylation is 1. The van der Waals surface area contributed by atoms with Crippen molar-refractivity contribution >= 4 is 17.3 Å². The summed E-state index contributed by atoms with van der Waals surface area (Å²) in [6, 6.07) is 0. The Kier molecular flexibility index (Phi) is 10.6. The lowest BCUT2D eigenvalue weighted by atomic mass is 9.60. The standard InChI is InChI=1S/C39H59NO4S/c1-8-9-12-30-24-40-35(45-30)39(20-21-39)34(44-36(43)37(4,5)6)18-13-25(2)31-16-17-32-27(11-10-19-38(31,32)7)14-15-28-22-29(41)23-33(42)26(28)3/h14-15,24-25,29,31-34,41-42H,3,8-13,16-23H2,1-2,4-7H3/t25-,29-,31-,32+,33+,34-,38-/m1/s1. The van der Waals surface area contributed by atoms with Gasteiger partial charge in [-0.05, 0) is 132 Å². The van der Waals surface area contributed by atoms with E-state index in [1.807, 2.05) is 32.1 Å². The largest absolute Gasteiger partial charge is 0.461 e. The number of hydrogen-bond donors (Lipinski definition) is 2. The summed E-state index contributed by atoms with van der Waals surface area (Å²) >= 11 is 1.85. The molecule has 5 rings (SSSR count). The fourth-order valence-electron chi connectivity index (χ4n) is 8.86. The van der Waals surface area contributed by atoms with Crippen molar-refractivity contribution in [3.8, 4) is 0 Å². The van der Waals surface area contributed by atoms with Crippen molar-refractivity contribution in [2.24, 2.45) is 28.6 Å². The van der Waals surface area contributed by atoms with E-state index in [-0.39, 0.29) is 22.9 Å². The number of aromatic nitrogens is 1. The molecule has 4 aliphatic carbocycles. The Bertz CT molecular complexity index is 1280. The summed E-state index contributed by atoms with van der Waals surface area (Å²) in [5, 5.41) is 21.7. The number of rotatable bonds is 11. The summed E-state index contributed by atoms with van der Waals surface area (Å²) in [5.74, 6) is 1.66. The van der Waals surface area contributed by atoms with Crippen LogP contribution in [0, 0.1) is 28.6 Å². The third kappa shape index (κ3) is 7.38. The molecule has 5 nitrogen and oxygen atoms in total. The molecule has 1 aromatic rings. The lowest BCUT2D eigenvalue weighted by Crippen LogP contribution is -2.38. The summed E-state index contributed by atoms with van der Waals surface area (Å²) < 4.78 is 6.43. The highest BCUT2D eigenvalue weighted by molar-refractivity contribution is 7.11. The maximum atomic E-state index is 13.3. The predicted octanol–water partition coefficient (Wildman–Crippen LogP) is 9.03. The molecule has 7 atom stereocenters. The normalized spacial score (nSPS) is 32.8. The number of hydrogen-bond acceptors (Lipinski definition) is 6. The topological polar surface area (TPSA) is 79.7 Å². The van der Waals surface area contributed by atoms with Crippen LogP contribution in [-0.4, -0.2) is 39.5 Å². The first kappa shape index (κ1) is 34.6. The zero-order chi connectivity index (χ0) is 32.6. The van der Waals surface area contributed by atoms with Crippen molar-refractivity contribution in [2.75, 3.05) is 0 Å². The number of thiazole rings is 1. The molecule has 0 aliphatic heterocycles. The Balaban J connectivity index is 1.30. The summed E-state index contributed by atoms with van der Waals surface area (Å²) in [6.45, 7) is 17.2.